The topological polar surface area (TPSA) is 64.4 Å². The van der Waals surface area contributed by atoms with Crippen molar-refractivity contribution in [2.24, 2.45) is 11.7 Å². The maximum Gasteiger partial charge on any atom is 0.237 e. The van der Waals surface area contributed by atoms with Gasteiger partial charge in [0.05, 0.1) is 12.1 Å². The molecule has 1 aromatic carbocycles. The Morgan fingerprint density at radius 3 is 2.85 bits per heavy atom. The molecule has 1 aromatic rings. The molecule has 112 valence electrons. The number of nitrogens with one attached hydrogen (secondary N) is 1. The molecule has 0 fully saturated rings. The van der Waals surface area contributed by atoms with E-state index in [2.05, 4.69) is 19.2 Å². The maximum atomic E-state index is 12.0. The highest BCUT2D eigenvalue weighted by molar-refractivity contribution is 5.85. The minimum atomic E-state index is -0.433. The van der Waals surface area contributed by atoms with E-state index in [1.165, 1.54) is 0 Å². The number of amides is 1. The van der Waals surface area contributed by atoms with Crippen LogP contribution in [0, 0.1) is 5.92 Å². The van der Waals surface area contributed by atoms with Gasteiger partial charge >= 0.3 is 0 Å². The number of halogens is 1. The standard InChI is InChI=1S/C15H22N2O2.ClH/c1-10(2)7-13(16)15(18)17-12-8-11-5-3-4-6-14(11)19-9-12;/h3-6,10,12-13H,7-9,16H2,1-2H3,(H,17,18);1H/t12?,13-;/m0./s1. The number of fused-ring (bicyclic) bond motifs is 1. The number of para-hydroxylation sites is 1. The number of rotatable bonds is 4. The van der Waals surface area contributed by atoms with Crippen LogP contribution in [0.2, 0.25) is 0 Å². The lowest BCUT2D eigenvalue weighted by Gasteiger charge is -2.27. The van der Waals surface area contributed by atoms with Crippen molar-refractivity contribution in [2.75, 3.05) is 6.61 Å². The molecule has 0 saturated heterocycles. The van der Waals surface area contributed by atoms with Crippen molar-refractivity contribution in [3.8, 4) is 5.75 Å². The van der Waals surface area contributed by atoms with Crippen LogP contribution in [0.1, 0.15) is 25.8 Å². The first-order chi connectivity index (χ1) is 9.06. The smallest absolute Gasteiger partial charge is 0.237 e. The Labute approximate surface area is 126 Å². The number of carbonyl (C=O) groups is 1. The molecule has 1 heterocycles. The predicted octanol–water partition coefficient (Wildman–Crippen LogP) is 1.90. The quantitative estimate of drug-likeness (QED) is 0.892. The van der Waals surface area contributed by atoms with Gasteiger partial charge in [-0.2, -0.15) is 0 Å². The van der Waals surface area contributed by atoms with Crippen LogP contribution >= 0.6 is 12.4 Å². The number of ether oxygens (including phenoxy) is 1. The van der Waals surface area contributed by atoms with Crippen LogP contribution in [0.3, 0.4) is 0 Å². The molecule has 4 nitrogen and oxygen atoms in total. The van der Waals surface area contributed by atoms with E-state index in [9.17, 15) is 4.79 Å². The monoisotopic (exact) mass is 298 g/mol. The highest BCUT2D eigenvalue weighted by Crippen LogP contribution is 2.23. The van der Waals surface area contributed by atoms with Gasteiger partial charge in [0, 0.05) is 0 Å². The summed E-state index contributed by atoms with van der Waals surface area (Å²) in [5.41, 5.74) is 7.01. The first kappa shape index (κ1) is 16.8. The van der Waals surface area contributed by atoms with E-state index in [0.29, 0.717) is 18.9 Å². The summed E-state index contributed by atoms with van der Waals surface area (Å²) in [5.74, 6) is 1.25. The van der Waals surface area contributed by atoms with Gasteiger partial charge in [-0.1, -0.05) is 32.0 Å². The zero-order chi connectivity index (χ0) is 13.8. The molecule has 0 aliphatic carbocycles. The van der Waals surface area contributed by atoms with Crippen LogP contribution < -0.4 is 15.8 Å². The Morgan fingerprint density at radius 1 is 1.45 bits per heavy atom. The number of hydrogen-bond donors (Lipinski definition) is 2. The lowest BCUT2D eigenvalue weighted by Crippen LogP contribution is -2.49. The molecule has 1 unspecified atom stereocenters. The van der Waals surface area contributed by atoms with Gasteiger partial charge in [0.1, 0.15) is 12.4 Å². The molecule has 2 atom stereocenters. The van der Waals surface area contributed by atoms with Gasteiger partial charge in [-0.3, -0.25) is 4.79 Å². The van der Waals surface area contributed by atoms with Crippen LogP contribution in [0.4, 0.5) is 0 Å². The summed E-state index contributed by atoms with van der Waals surface area (Å²) in [6.07, 6.45) is 1.51. The van der Waals surface area contributed by atoms with Crippen molar-refractivity contribution in [1.29, 1.82) is 0 Å². The van der Waals surface area contributed by atoms with Gasteiger partial charge < -0.3 is 15.8 Å². The maximum absolute atomic E-state index is 12.0. The Balaban J connectivity index is 0.00000200. The van der Waals surface area contributed by atoms with E-state index in [4.69, 9.17) is 10.5 Å². The molecule has 2 rings (SSSR count). The second kappa shape index (κ2) is 7.50. The highest BCUT2D eigenvalue weighted by Gasteiger charge is 2.23. The number of hydrogen-bond acceptors (Lipinski definition) is 3. The molecule has 1 aliphatic heterocycles. The fourth-order valence-corrected chi connectivity index (χ4v) is 2.34. The largest absolute Gasteiger partial charge is 0.491 e. The van der Waals surface area contributed by atoms with Crippen molar-refractivity contribution in [3.63, 3.8) is 0 Å². The number of nitrogens with two attached hydrogens (primary N) is 1. The van der Waals surface area contributed by atoms with Crippen molar-refractivity contribution in [3.05, 3.63) is 29.8 Å². The summed E-state index contributed by atoms with van der Waals surface area (Å²) in [5, 5.41) is 2.98. The molecule has 5 heteroatoms. The Morgan fingerprint density at radius 2 is 2.15 bits per heavy atom. The molecule has 20 heavy (non-hydrogen) atoms. The molecule has 1 amide bonds. The third kappa shape index (κ3) is 4.39. The lowest BCUT2D eigenvalue weighted by molar-refractivity contribution is -0.123. The lowest BCUT2D eigenvalue weighted by atomic mass is 10.0. The third-order valence-electron chi connectivity index (χ3n) is 3.29. The fraction of sp³-hybridized carbons (Fsp3) is 0.533. The predicted molar refractivity (Wildman–Crippen MR) is 82.3 cm³/mol. The normalized spacial score (nSPS) is 18.5. The molecule has 0 radical (unpaired) electrons. The molecule has 0 saturated carbocycles. The Kier molecular flexibility index (Phi) is 6.30. The molecular formula is C15H23ClN2O2. The zero-order valence-electron chi connectivity index (χ0n) is 12.0. The SMILES string of the molecule is CC(C)C[C@H](N)C(=O)NC1COc2ccccc2C1.Cl. The average Bonchev–Trinajstić information content (AvgIpc) is 2.37. The van der Waals surface area contributed by atoms with E-state index in [-0.39, 0.29) is 24.4 Å². The first-order valence-corrected chi connectivity index (χ1v) is 6.83. The highest BCUT2D eigenvalue weighted by atomic mass is 35.5. The van der Waals surface area contributed by atoms with Gasteiger partial charge in [0.25, 0.3) is 0 Å². The second-order valence-corrected chi connectivity index (χ2v) is 5.56. The van der Waals surface area contributed by atoms with Crippen molar-refractivity contribution >= 4 is 18.3 Å². The van der Waals surface area contributed by atoms with Crippen molar-refractivity contribution in [2.45, 2.75) is 38.8 Å². The van der Waals surface area contributed by atoms with Crippen molar-refractivity contribution < 1.29 is 9.53 Å². The summed E-state index contributed by atoms with van der Waals surface area (Å²) < 4.78 is 5.64. The van der Waals surface area contributed by atoms with Crippen LogP contribution in [0.25, 0.3) is 0 Å². The van der Waals surface area contributed by atoms with Crippen molar-refractivity contribution in [1.82, 2.24) is 5.32 Å². The Bertz CT molecular complexity index is 451. The zero-order valence-corrected chi connectivity index (χ0v) is 12.8. The molecule has 0 aromatic heterocycles. The number of benzene rings is 1. The second-order valence-electron chi connectivity index (χ2n) is 5.56. The molecule has 0 spiro atoms. The minimum absolute atomic E-state index is 0. The van der Waals surface area contributed by atoms with Crippen LogP contribution in [-0.2, 0) is 11.2 Å². The summed E-state index contributed by atoms with van der Waals surface area (Å²) in [6, 6.07) is 7.50. The van der Waals surface area contributed by atoms with Gasteiger partial charge in [-0.05, 0) is 30.4 Å². The first-order valence-electron chi connectivity index (χ1n) is 6.83. The van der Waals surface area contributed by atoms with E-state index >= 15 is 0 Å². The van der Waals surface area contributed by atoms with E-state index < -0.39 is 6.04 Å². The molecule has 3 N–H and O–H groups in total. The van der Waals surface area contributed by atoms with Crippen LogP contribution in [0.15, 0.2) is 24.3 Å². The van der Waals surface area contributed by atoms with Gasteiger partial charge in [0.2, 0.25) is 5.91 Å². The van der Waals surface area contributed by atoms with Gasteiger partial charge in [0.15, 0.2) is 0 Å². The molecule has 1 aliphatic rings. The summed E-state index contributed by atoms with van der Waals surface area (Å²) in [7, 11) is 0. The van der Waals surface area contributed by atoms with E-state index in [1.807, 2.05) is 24.3 Å². The van der Waals surface area contributed by atoms with E-state index in [0.717, 1.165) is 17.7 Å². The van der Waals surface area contributed by atoms with Crippen LogP contribution in [0.5, 0.6) is 5.75 Å². The minimum Gasteiger partial charge on any atom is -0.491 e. The summed E-state index contributed by atoms with van der Waals surface area (Å²) >= 11 is 0. The fourth-order valence-electron chi connectivity index (χ4n) is 2.34. The van der Waals surface area contributed by atoms with Gasteiger partial charge in [-0.25, -0.2) is 0 Å². The van der Waals surface area contributed by atoms with E-state index in [1.54, 1.807) is 0 Å². The average molecular weight is 299 g/mol. The van der Waals surface area contributed by atoms with Crippen LogP contribution in [-0.4, -0.2) is 24.6 Å². The number of carbonyl (C=O) groups excluding carboxylic acids is 1. The van der Waals surface area contributed by atoms with Gasteiger partial charge in [-0.15, -0.1) is 12.4 Å². The third-order valence-corrected chi connectivity index (χ3v) is 3.29. The summed E-state index contributed by atoms with van der Waals surface area (Å²) in [4.78, 5) is 12.0. The Hall–Kier alpha value is -1.26. The molecular weight excluding hydrogens is 276 g/mol. The summed E-state index contributed by atoms with van der Waals surface area (Å²) in [6.45, 7) is 4.64. The molecule has 0 bridgehead atoms.